The first-order valence-corrected chi connectivity index (χ1v) is 8.63. The van der Waals surface area contributed by atoms with Crippen molar-refractivity contribution in [2.75, 3.05) is 6.54 Å². The van der Waals surface area contributed by atoms with Crippen LogP contribution < -0.4 is 5.32 Å². The second kappa shape index (κ2) is 10.0. The van der Waals surface area contributed by atoms with Crippen LogP contribution in [-0.2, 0) is 16.0 Å². The molecule has 23 heavy (non-hydrogen) atoms. The van der Waals surface area contributed by atoms with E-state index < -0.39 is 6.04 Å². The lowest BCUT2D eigenvalue weighted by Crippen LogP contribution is -2.50. The Bertz CT molecular complexity index is 487. The molecule has 2 amide bonds. The number of hydrogen-bond acceptors (Lipinski definition) is 2. The molecule has 0 saturated carbocycles. The highest BCUT2D eigenvalue weighted by molar-refractivity contribution is 5.87. The van der Waals surface area contributed by atoms with Crippen molar-refractivity contribution in [2.45, 2.75) is 65.5 Å². The molecule has 0 aliphatic rings. The monoisotopic (exact) mass is 318 g/mol. The summed E-state index contributed by atoms with van der Waals surface area (Å²) in [5.41, 5.74) is 1.18. The molecule has 0 aromatic heterocycles. The summed E-state index contributed by atoms with van der Waals surface area (Å²) in [5.74, 6) is -0.0212. The number of amides is 2. The van der Waals surface area contributed by atoms with E-state index >= 15 is 0 Å². The largest absolute Gasteiger partial charge is 0.352 e. The molecule has 4 nitrogen and oxygen atoms in total. The highest BCUT2D eigenvalue weighted by Crippen LogP contribution is 2.09. The van der Waals surface area contributed by atoms with Crippen LogP contribution in [0.4, 0.5) is 0 Å². The van der Waals surface area contributed by atoms with Crippen molar-refractivity contribution >= 4 is 11.8 Å². The lowest BCUT2D eigenvalue weighted by Gasteiger charge is -2.29. The Hall–Kier alpha value is -1.84. The fourth-order valence-corrected chi connectivity index (χ4v) is 2.39. The molecule has 0 aliphatic carbocycles. The predicted octanol–water partition coefficient (Wildman–Crippen LogP) is 3.16. The summed E-state index contributed by atoms with van der Waals surface area (Å²) < 4.78 is 0. The van der Waals surface area contributed by atoms with E-state index in [9.17, 15) is 9.59 Å². The molecular formula is C19H30N2O2. The Kier molecular flexibility index (Phi) is 8.38. The third-order valence-electron chi connectivity index (χ3n) is 4.12. The number of hydrogen-bond donors (Lipinski definition) is 1. The van der Waals surface area contributed by atoms with Gasteiger partial charge in [0.25, 0.3) is 0 Å². The maximum absolute atomic E-state index is 12.4. The molecule has 0 fully saturated rings. The number of benzene rings is 1. The molecule has 0 bridgehead atoms. The molecule has 0 unspecified atom stereocenters. The maximum Gasteiger partial charge on any atom is 0.242 e. The van der Waals surface area contributed by atoms with E-state index in [1.54, 1.807) is 4.90 Å². The fourth-order valence-electron chi connectivity index (χ4n) is 2.39. The summed E-state index contributed by atoms with van der Waals surface area (Å²) in [6.07, 6.45) is 2.92. The van der Waals surface area contributed by atoms with Gasteiger partial charge in [-0.1, -0.05) is 44.2 Å². The van der Waals surface area contributed by atoms with Crippen LogP contribution in [-0.4, -0.2) is 35.3 Å². The molecule has 1 rings (SSSR count). The van der Waals surface area contributed by atoms with E-state index in [1.807, 2.05) is 58.0 Å². The molecule has 2 atom stereocenters. The molecule has 4 heteroatoms. The van der Waals surface area contributed by atoms with Gasteiger partial charge in [-0.25, -0.2) is 0 Å². The van der Waals surface area contributed by atoms with E-state index in [4.69, 9.17) is 0 Å². The van der Waals surface area contributed by atoms with Crippen LogP contribution >= 0.6 is 0 Å². The average Bonchev–Trinajstić information content (AvgIpc) is 2.55. The summed E-state index contributed by atoms with van der Waals surface area (Å²) in [6.45, 7) is 8.38. The Morgan fingerprint density at radius 2 is 1.78 bits per heavy atom. The summed E-state index contributed by atoms with van der Waals surface area (Å²) in [6, 6.07) is 9.75. The summed E-state index contributed by atoms with van der Waals surface area (Å²) in [4.78, 5) is 26.5. The highest BCUT2D eigenvalue weighted by Gasteiger charge is 2.25. The van der Waals surface area contributed by atoms with Crippen molar-refractivity contribution in [2.24, 2.45) is 0 Å². The first kappa shape index (κ1) is 19.2. The predicted molar refractivity (Wildman–Crippen MR) is 94.1 cm³/mol. The molecule has 0 heterocycles. The van der Waals surface area contributed by atoms with Crippen LogP contribution in [0.1, 0.15) is 52.5 Å². The third kappa shape index (κ3) is 6.43. The Labute approximate surface area is 140 Å². The molecule has 0 spiro atoms. The van der Waals surface area contributed by atoms with E-state index in [0.717, 1.165) is 19.3 Å². The second-order valence-electron chi connectivity index (χ2n) is 6.07. The van der Waals surface area contributed by atoms with Gasteiger partial charge in [0.1, 0.15) is 6.04 Å². The number of carbonyl (C=O) groups excluding carboxylic acids is 2. The SMILES string of the molecule is CCCC(=O)N(CCc1ccccc1)[C@H](C)C(=O)N[C@H](C)CC. The van der Waals surface area contributed by atoms with Gasteiger partial charge in [0.05, 0.1) is 0 Å². The van der Waals surface area contributed by atoms with Gasteiger partial charge < -0.3 is 10.2 Å². The quantitative estimate of drug-likeness (QED) is 0.760. The Morgan fingerprint density at radius 3 is 2.35 bits per heavy atom. The van der Waals surface area contributed by atoms with Crippen molar-refractivity contribution in [1.29, 1.82) is 0 Å². The zero-order valence-corrected chi connectivity index (χ0v) is 14.8. The zero-order chi connectivity index (χ0) is 17.2. The molecule has 1 aromatic carbocycles. The van der Waals surface area contributed by atoms with Gasteiger partial charge in [-0.3, -0.25) is 9.59 Å². The summed E-state index contributed by atoms with van der Waals surface area (Å²) in [7, 11) is 0. The zero-order valence-electron chi connectivity index (χ0n) is 14.8. The summed E-state index contributed by atoms with van der Waals surface area (Å²) >= 11 is 0. The third-order valence-corrected chi connectivity index (χ3v) is 4.12. The van der Waals surface area contributed by atoms with Gasteiger partial charge in [0, 0.05) is 19.0 Å². The van der Waals surface area contributed by atoms with Crippen molar-refractivity contribution in [1.82, 2.24) is 10.2 Å². The molecule has 1 aromatic rings. The van der Waals surface area contributed by atoms with Gasteiger partial charge in [-0.15, -0.1) is 0 Å². The molecule has 0 radical (unpaired) electrons. The molecule has 0 aliphatic heterocycles. The minimum atomic E-state index is -0.438. The highest BCUT2D eigenvalue weighted by atomic mass is 16.2. The number of nitrogens with zero attached hydrogens (tertiary/aromatic N) is 1. The van der Waals surface area contributed by atoms with Gasteiger partial charge in [0.15, 0.2) is 0 Å². The normalized spacial score (nSPS) is 13.2. The van der Waals surface area contributed by atoms with Gasteiger partial charge in [0.2, 0.25) is 11.8 Å². The van der Waals surface area contributed by atoms with Crippen LogP contribution in [0, 0.1) is 0 Å². The first-order chi connectivity index (χ1) is 11.0. The lowest BCUT2D eigenvalue weighted by molar-refractivity contribution is -0.140. The fraction of sp³-hybridized carbons (Fsp3) is 0.579. The van der Waals surface area contributed by atoms with Crippen LogP contribution in [0.5, 0.6) is 0 Å². The topological polar surface area (TPSA) is 49.4 Å². The smallest absolute Gasteiger partial charge is 0.242 e. The van der Waals surface area contributed by atoms with Gasteiger partial charge in [-0.05, 0) is 38.7 Å². The maximum atomic E-state index is 12.4. The Balaban J connectivity index is 2.74. The van der Waals surface area contributed by atoms with Crippen molar-refractivity contribution < 1.29 is 9.59 Å². The van der Waals surface area contributed by atoms with Crippen LogP contribution in [0.2, 0.25) is 0 Å². The summed E-state index contributed by atoms with van der Waals surface area (Å²) in [5, 5.41) is 2.97. The Morgan fingerprint density at radius 1 is 1.13 bits per heavy atom. The van der Waals surface area contributed by atoms with E-state index in [0.29, 0.717) is 13.0 Å². The number of nitrogens with one attached hydrogen (secondary N) is 1. The second-order valence-corrected chi connectivity index (χ2v) is 6.07. The van der Waals surface area contributed by atoms with Gasteiger partial charge >= 0.3 is 0 Å². The van der Waals surface area contributed by atoms with Crippen molar-refractivity contribution in [3.8, 4) is 0 Å². The number of carbonyl (C=O) groups is 2. The van der Waals surface area contributed by atoms with E-state index in [2.05, 4.69) is 5.32 Å². The van der Waals surface area contributed by atoms with Crippen LogP contribution in [0.15, 0.2) is 30.3 Å². The lowest BCUT2D eigenvalue weighted by atomic mass is 10.1. The van der Waals surface area contributed by atoms with Crippen LogP contribution in [0.3, 0.4) is 0 Å². The standard InChI is InChI=1S/C19H30N2O2/c1-5-10-18(22)21(14-13-17-11-8-7-9-12-17)16(4)19(23)20-15(3)6-2/h7-9,11-12,15-16H,5-6,10,13-14H2,1-4H3,(H,20,23)/t15-,16-/m1/s1. The minimum absolute atomic E-state index is 0.0511. The number of rotatable bonds is 9. The van der Waals surface area contributed by atoms with Crippen LogP contribution in [0.25, 0.3) is 0 Å². The minimum Gasteiger partial charge on any atom is -0.352 e. The first-order valence-electron chi connectivity index (χ1n) is 8.63. The molecule has 0 saturated heterocycles. The van der Waals surface area contributed by atoms with Gasteiger partial charge in [-0.2, -0.15) is 0 Å². The van der Waals surface area contributed by atoms with Crippen molar-refractivity contribution in [3.05, 3.63) is 35.9 Å². The molecule has 1 N–H and O–H groups in total. The molecular weight excluding hydrogens is 288 g/mol. The average molecular weight is 318 g/mol. The van der Waals surface area contributed by atoms with Crippen molar-refractivity contribution in [3.63, 3.8) is 0 Å². The molecule has 128 valence electrons. The van der Waals surface area contributed by atoms with E-state index in [1.165, 1.54) is 5.56 Å². The van der Waals surface area contributed by atoms with E-state index in [-0.39, 0.29) is 17.9 Å².